The Kier molecular flexibility index (Phi) is 5.93. The molecule has 2 aromatic rings. The van der Waals surface area contributed by atoms with Gasteiger partial charge in [-0.3, -0.25) is 0 Å². The molecular formula is C22H27N3O4. The highest BCUT2D eigenvalue weighted by Crippen LogP contribution is 2.34. The molecular weight excluding hydrogens is 370 g/mol. The molecule has 1 fully saturated rings. The van der Waals surface area contributed by atoms with Crippen molar-refractivity contribution in [1.82, 2.24) is 10.2 Å². The number of carbonyl (C=O) groups is 1. The molecule has 0 unspecified atom stereocenters. The average Bonchev–Trinajstić information content (AvgIpc) is 2.79. The largest absolute Gasteiger partial charge is 0.497 e. The Morgan fingerprint density at radius 1 is 1.03 bits per heavy atom. The van der Waals surface area contributed by atoms with Crippen LogP contribution in [-0.4, -0.2) is 64.0 Å². The molecule has 1 N–H and O–H groups in total. The summed E-state index contributed by atoms with van der Waals surface area (Å²) >= 11 is 0. The van der Waals surface area contributed by atoms with Crippen molar-refractivity contribution in [2.75, 3.05) is 57.9 Å². The third kappa shape index (κ3) is 4.67. The Labute approximate surface area is 171 Å². The number of nitrogens with one attached hydrogen (secondary N) is 1. The van der Waals surface area contributed by atoms with E-state index in [-0.39, 0.29) is 6.03 Å². The second-order valence-electron chi connectivity index (χ2n) is 7.14. The Balaban J connectivity index is 1.24. The van der Waals surface area contributed by atoms with Crippen molar-refractivity contribution in [3.05, 3.63) is 48.0 Å². The maximum Gasteiger partial charge on any atom is 0.317 e. The molecule has 0 aromatic heterocycles. The van der Waals surface area contributed by atoms with E-state index in [1.165, 1.54) is 0 Å². The van der Waals surface area contributed by atoms with Gasteiger partial charge in [-0.15, -0.1) is 0 Å². The van der Waals surface area contributed by atoms with Crippen molar-refractivity contribution >= 4 is 11.7 Å². The minimum Gasteiger partial charge on any atom is -0.497 e. The smallest absolute Gasteiger partial charge is 0.317 e. The molecule has 154 valence electrons. The minimum atomic E-state index is -0.00489. The summed E-state index contributed by atoms with van der Waals surface area (Å²) in [6.07, 6.45) is 0.778. The number of ether oxygens (including phenoxy) is 3. The number of piperazine rings is 1. The van der Waals surface area contributed by atoms with Gasteiger partial charge in [-0.1, -0.05) is 12.1 Å². The lowest BCUT2D eigenvalue weighted by Crippen LogP contribution is -2.52. The van der Waals surface area contributed by atoms with Crippen LogP contribution in [0.15, 0.2) is 42.5 Å². The quantitative estimate of drug-likeness (QED) is 0.840. The number of fused-ring (bicyclic) bond motifs is 1. The Hall–Kier alpha value is -3.09. The highest BCUT2D eigenvalue weighted by atomic mass is 16.6. The van der Waals surface area contributed by atoms with E-state index in [0.717, 1.165) is 48.0 Å². The van der Waals surface area contributed by atoms with Crippen LogP contribution in [0.25, 0.3) is 0 Å². The van der Waals surface area contributed by atoms with Gasteiger partial charge in [-0.25, -0.2) is 4.79 Å². The van der Waals surface area contributed by atoms with Gasteiger partial charge in [0.25, 0.3) is 0 Å². The zero-order valence-corrected chi connectivity index (χ0v) is 16.7. The lowest BCUT2D eigenvalue weighted by atomic mass is 10.1. The fourth-order valence-electron chi connectivity index (χ4n) is 3.65. The van der Waals surface area contributed by atoms with Crippen LogP contribution >= 0.6 is 0 Å². The summed E-state index contributed by atoms with van der Waals surface area (Å²) < 4.78 is 16.5. The van der Waals surface area contributed by atoms with Gasteiger partial charge < -0.3 is 29.3 Å². The topological polar surface area (TPSA) is 63.3 Å². The monoisotopic (exact) mass is 397 g/mol. The van der Waals surface area contributed by atoms with Crippen LogP contribution in [-0.2, 0) is 6.42 Å². The number of anilines is 1. The van der Waals surface area contributed by atoms with Crippen LogP contribution < -0.4 is 24.4 Å². The van der Waals surface area contributed by atoms with E-state index in [9.17, 15) is 4.79 Å². The predicted octanol–water partition coefficient (Wildman–Crippen LogP) is 2.54. The molecule has 2 aliphatic rings. The third-order valence-electron chi connectivity index (χ3n) is 5.28. The molecule has 7 heteroatoms. The van der Waals surface area contributed by atoms with Gasteiger partial charge >= 0.3 is 6.03 Å². The van der Waals surface area contributed by atoms with E-state index in [2.05, 4.69) is 16.3 Å². The number of hydrogen-bond acceptors (Lipinski definition) is 5. The summed E-state index contributed by atoms with van der Waals surface area (Å²) in [7, 11) is 1.66. The van der Waals surface area contributed by atoms with E-state index in [1.807, 2.05) is 41.3 Å². The van der Waals surface area contributed by atoms with Crippen LogP contribution in [0.3, 0.4) is 0 Å². The number of urea groups is 1. The predicted molar refractivity (Wildman–Crippen MR) is 111 cm³/mol. The van der Waals surface area contributed by atoms with Gasteiger partial charge in [0.05, 0.1) is 7.11 Å². The Morgan fingerprint density at radius 3 is 2.62 bits per heavy atom. The van der Waals surface area contributed by atoms with Crippen LogP contribution in [0.2, 0.25) is 0 Å². The van der Waals surface area contributed by atoms with Crippen LogP contribution in [0, 0.1) is 0 Å². The van der Waals surface area contributed by atoms with Crippen molar-refractivity contribution in [3.63, 3.8) is 0 Å². The number of carbonyl (C=O) groups excluding carboxylic acids is 1. The minimum absolute atomic E-state index is 0.00489. The first-order valence-corrected chi connectivity index (χ1v) is 10.0. The Bertz CT molecular complexity index is 850. The molecule has 2 amide bonds. The molecule has 0 saturated carbocycles. The summed E-state index contributed by atoms with van der Waals surface area (Å²) in [5.74, 6) is 2.43. The maximum absolute atomic E-state index is 12.5. The van der Waals surface area contributed by atoms with Gasteiger partial charge in [0.2, 0.25) is 0 Å². The van der Waals surface area contributed by atoms with Crippen LogP contribution in [0.5, 0.6) is 17.2 Å². The molecule has 0 radical (unpaired) electrons. The first-order valence-electron chi connectivity index (χ1n) is 10.0. The second-order valence-corrected chi connectivity index (χ2v) is 7.14. The van der Waals surface area contributed by atoms with E-state index < -0.39 is 0 Å². The SMILES string of the molecule is COc1cccc(CCNC(=O)N2CCN(c3ccc4c(c3)OCCO4)CC2)c1. The van der Waals surface area contributed by atoms with Gasteiger partial charge in [-0.05, 0) is 36.2 Å². The number of methoxy groups -OCH3 is 1. The lowest BCUT2D eigenvalue weighted by Gasteiger charge is -2.36. The molecule has 2 heterocycles. The molecule has 0 aliphatic carbocycles. The molecule has 4 rings (SSSR count). The van der Waals surface area contributed by atoms with Crippen molar-refractivity contribution in [1.29, 1.82) is 0 Å². The molecule has 7 nitrogen and oxygen atoms in total. The van der Waals surface area contributed by atoms with Crippen LogP contribution in [0.4, 0.5) is 10.5 Å². The zero-order chi connectivity index (χ0) is 20.1. The average molecular weight is 397 g/mol. The summed E-state index contributed by atoms with van der Waals surface area (Å²) in [5, 5.41) is 3.02. The first kappa shape index (κ1) is 19.2. The highest BCUT2D eigenvalue weighted by Gasteiger charge is 2.22. The van der Waals surface area contributed by atoms with Crippen molar-refractivity contribution in [2.45, 2.75) is 6.42 Å². The van der Waals surface area contributed by atoms with Gasteiger partial charge in [0.1, 0.15) is 19.0 Å². The third-order valence-corrected chi connectivity index (χ3v) is 5.28. The van der Waals surface area contributed by atoms with Crippen LogP contribution in [0.1, 0.15) is 5.56 Å². The molecule has 1 saturated heterocycles. The normalized spacial score (nSPS) is 15.8. The van der Waals surface area contributed by atoms with E-state index in [4.69, 9.17) is 14.2 Å². The van der Waals surface area contributed by atoms with E-state index in [0.29, 0.717) is 32.8 Å². The number of hydrogen-bond donors (Lipinski definition) is 1. The lowest BCUT2D eigenvalue weighted by molar-refractivity contribution is 0.171. The second kappa shape index (κ2) is 8.94. The van der Waals surface area contributed by atoms with Gasteiger partial charge in [-0.2, -0.15) is 0 Å². The first-order chi connectivity index (χ1) is 14.2. The molecule has 0 atom stereocenters. The summed E-state index contributed by atoms with van der Waals surface area (Å²) in [4.78, 5) is 16.6. The highest BCUT2D eigenvalue weighted by molar-refractivity contribution is 5.74. The summed E-state index contributed by atoms with van der Waals surface area (Å²) in [6.45, 7) is 4.76. The fourth-order valence-corrected chi connectivity index (χ4v) is 3.65. The zero-order valence-electron chi connectivity index (χ0n) is 16.7. The summed E-state index contributed by atoms with van der Waals surface area (Å²) in [6, 6.07) is 14.0. The maximum atomic E-state index is 12.5. The van der Waals surface area contributed by atoms with Crippen molar-refractivity contribution in [3.8, 4) is 17.2 Å². The van der Waals surface area contributed by atoms with Gasteiger partial charge in [0.15, 0.2) is 11.5 Å². The number of amides is 2. The number of benzene rings is 2. The summed E-state index contributed by atoms with van der Waals surface area (Å²) in [5.41, 5.74) is 2.25. The molecule has 2 aromatic carbocycles. The standard InChI is InChI=1S/C22H27N3O4/c1-27-19-4-2-3-17(15-19)7-8-23-22(26)25-11-9-24(10-12-25)18-5-6-20-21(16-18)29-14-13-28-20/h2-6,15-16H,7-14H2,1H3,(H,23,26). The molecule has 0 spiro atoms. The Morgan fingerprint density at radius 2 is 1.83 bits per heavy atom. The van der Waals surface area contributed by atoms with Crippen molar-refractivity contribution in [2.24, 2.45) is 0 Å². The molecule has 29 heavy (non-hydrogen) atoms. The van der Waals surface area contributed by atoms with E-state index >= 15 is 0 Å². The van der Waals surface area contributed by atoms with Gasteiger partial charge in [0, 0.05) is 44.5 Å². The molecule has 0 bridgehead atoms. The van der Waals surface area contributed by atoms with E-state index in [1.54, 1.807) is 7.11 Å². The number of nitrogens with zero attached hydrogens (tertiary/aromatic N) is 2. The fraction of sp³-hybridized carbons (Fsp3) is 0.409. The molecule has 2 aliphatic heterocycles. The van der Waals surface area contributed by atoms with Crippen molar-refractivity contribution < 1.29 is 19.0 Å². The number of rotatable bonds is 5.